The second kappa shape index (κ2) is 7.59. The first-order valence-electron chi connectivity index (χ1n) is 4.63. The van der Waals surface area contributed by atoms with Crippen LogP contribution in [-0.2, 0) is 9.53 Å². The monoisotopic (exact) mass is 182 g/mol. The largest absolute Gasteiger partial charge is 0.463 e. The zero-order valence-electron chi connectivity index (χ0n) is 8.67. The molecule has 2 nitrogen and oxygen atoms in total. The van der Waals surface area contributed by atoms with Crippen LogP contribution in [-0.4, -0.2) is 12.6 Å². The van der Waals surface area contributed by atoms with Crippen LogP contribution in [0.2, 0.25) is 0 Å². The number of ether oxygens (including phenoxy) is 1. The molecule has 0 atom stereocenters. The highest BCUT2D eigenvalue weighted by Crippen LogP contribution is 1.98. The number of rotatable bonds is 5. The first kappa shape index (κ1) is 11.9. The standard InChI is InChI=1S/C11H18O2/c1-4-13-11(12)9-7-5-6-8-10(2)3/h7-9H,4-6H2,1-3H3/b9-7+. The first-order chi connectivity index (χ1) is 6.16. The Bertz CT molecular complexity index is 198. The maximum atomic E-state index is 10.8. The molecule has 0 aromatic heterocycles. The number of esters is 1. The van der Waals surface area contributed by atoms with E-state index in [0.717, 1.165) is 12.8 Å². The van der Waals surface area contributed by atoms with E-state index < -0.39 is 0 Å². The van der Waals surface area contributed by atoms with Crippen molar-refractivity contribution in [3.05, 3.63) is 23.8 Å². The molecule has 0 amide bonds. The van der Waals surface area contributed by atoms with Crippen molar-refractivity contribution in [2.45, 2.75) is 33.6 Å². The predicted molar refractivity (Wildman–Crippen MR) is 54.4 cm³/mol. The number of hydrogen-bond donors (Lipinski definition) is 0. The molecule has 0 aliphatic heterocycles. The molecule has 13 heavy (non-hydrogen) atoms. The maximum Gasteiger partial charge on any atom is 0.330 e. The summed E-state index contributed by atoms with van der Waals surface area (Å²) in [5, 5.41) is 0. The van der Waals surface area contributed by atoms with Gasteiger partial charge in [-0.25, -0.2) is 4.79 Å². The van der Waals surface area contributed by atoms with Gasteiger partial charge < -0.3 is 4.74 Å². The summed E-state index contributed by atoms with van der Waals surface area (Å²) in [7, 11) is 0. The van der Waals surface area contributed by atoms with Gasteiger partial charge in [-0.1, -0.05) is 17.7 Å². The van der Waals surface area contributed by atoms with Crippen LogP contribution in [0.15, 0.2) is 23.8 Å². The molecule has 0 N–H and O–H groups in total. The van der Waals surface area contributed by atoms with Crippen molar-refractivity contribution >= 4 is 5.97 Å². The predicted octanol–water partition coefficient (Wildman–Crippen LogP) is 2.85. The summed E-state index contributed by atoms with van der Waals surface area (Å²) in [6, 6.07) is 0. The lowest BCUT2D eigenvalue weighted by molar-refractivity contribution is -0.137. The van der Waals surface area contributed by atoms with Gasteiger partial charge in [0.25, 0.3) is 0 Å². The van der Waals surface area contributed by atoms with Gasteiger partial charge in [-0.3, -0.25) is 0 Å². The van der Waals surface area contributed by atoms with Gasteiger partial charge in [0.2, 0.25) is 0 Å². The van der Waals surface area contributed by atoms with Crippen LogP contribution in [0.3, 0.4) is 0 Å². The Labute approximate surface area is 80.3 Å². The smallest absolute Gasteiger partial charge is 0.330 e. The summed E-state index contributed by atoms with van der Waals surface area (Å²) in [6.45, 7) is 6.37. The third-order valence-electron chi connectivity index (χ3n) is 1.43. The fourth-order valence-corrected chi connectivity index (χ4v) is 0.838. The minimum Gasteiger partial charge on any atom is -0.463 e. The van der Waals surface area contributed by atoms with Gasteiger partial charge in [0, 0.05) is 6.08 Å². The van der Waals surface area contributed by atoms with Gasteiger partial charge in [-0.15, -0.1) is 0 Å². The van der Waals surface area contributed by atoms with Gasteiger partial charge in [0.05, 0.1) is 6.61 Å². The molecule has 0 bridgehead atoms. The number of unbranched alkanes of at least 4 members (excludes halogenated alkanes) is 1. The van der Waals surface area contributed by atoms with Gasteiger partial charge in [0.1, 0.15) is 0 Å². The summed E-state index contributed by atoms with van der Waals surface area (Å²) in [6.07, 6.45) is 7.36. The van der Waals surface area contributed by atoms with Crippen molar-refractivity contribution in [1.82, 2.24) is 0 Å². The minimum absolute atomic E-state index is 0.250. The second-order valence-corrected chi connectivity index (χ2v) is 3.01. The molecule has 74 valence electrons. The van der Waals surface area contributed by atoms with Crippen molar-refractivity contribution in [2.75, 3.05) is 6.61 Å². The number of carbonyl (C=O) groups is 1. The highest BCUT2D eigenvalue weighted by atomic mass is 16.5. The molecule has 0 saturated heterocycles. The van der Waals surface area contributed by atoms with Crippen LogP contribution in [0.4, 0.5) is 0 Å². The average molecular weight is 182 g/mol. The SMILES string of the molecule is CCOC(=O)/C=C/CCC=C(C)C. The Kier molecular flexibility index (Phi) is 6.98. The number of carbonyl (C=O) groups excluding carboxylic acids is 1. The molecule has 0 rings (SSSR count). The lowest BCUT2D eigenvalue weighted by Crippen LogP contribution is -1.98. The summed E-state index contributed by atoms with van der Waals surface area (Å²) < 4.78 is 4.73. The van der Waals surface area contributed by atoms with Crippen LogP contribution in [0.25, 0.3) is 0 Å². The van der Waals surface area contributed by atoms with Crippen molar-refractivity contribution in [1.29, 1.82) is 0 Å². The van der Waals surface area contributed by atoms with Gasteiger partial charge >= 0.3 is 5.97 Å². The van der Waals surface area contributed by atoms with Crippen LogP contribution < -0.4 is 0 Å². The van der Waals surface area contributed by atoms with Gasteiger partial charge in [-0.05, 0) is 33.6 Å². The quantitative estimate of drug-likeness (QED) is 0.283. The maximum absolute atomic E-state index is 10.8. The molecule has 0 aromatic rings. The molecule has 0 fully saturated rings. The van der Waals surface area contributed by atoms with E-state index in [1.165, 1.54) is 11.6 Å². The van der Waals surface area contributed by atoms with Crippen molar-refractivity contribution in [3.63, 3.8) is 0 Å². The number of allylic oxidation sites excluding steroid dienone is 3. The topological polar surface area (TPSA) is 26.3 Å². The summed E-state index contributed by atoms with van der Waals surface area (Å²) in [5.41, 5.74) is 1.31. The zero-order chi connectivity index (χ0) is 10.1. The molecule has 0 unspecified atom stereocenters. The van der Waals surface area contributed by atoms with Crippen LogP contribution >= 0.6 is 0 Å². The summed E-state index contributed by atoms with van der Waals surface area (Å²) >= 11 is 0. The van der Waals surface area contributed by atoms with E-state index in [1.807, 2.05) is 6.08 Å². The highest BCUT2D eigenvalue weighted by Gasteiger charge is 1.90. The fourth-order valence-electron chi connectivity index (χ4n) is 0.838. The number of hydrogen-bond acceptors (Lipinski definition) is 2. The second-order valence-electron chi connectivity index (χ2n) is 3.01. The molecule has 2 heteroatoms. The summed E-state index contributed by atoms with van der Waals surface area (Å²) in [4.78, 5) is 10.8. The molecular formula is C11H18O2. The Morgan fingerprint density at radius 1 is 1.31 bits per heavy atom. The third-order valence-corrected chi connectivity index (χ3v) is 1.43. The highest BCUT2D eigenvalue weighted by molar-refractivity contribution is 5.81. The van der Waals surface area contributed by atoms with Gasteiger partial charge in [-0.2, -0.15) is 0 Å². The molecule has 0 saturated carbocycles. The first-order valence-corrected chi connectivity index (χ1v) is 4.63. The average Bonchev–Trinajstić information content (AvgIpc) is 2.03. The van der Waals surface area contributed by atoms with E-state index in [9.17, 15) is 4.79 Å². The van der Waals surface area contributed by atoms with E-state index >= 15 is 0 Å². The Balaban J connectivity index is 3.52. The molecular weight excluding hydrogens is 164 g/mol. The van der Waals surface area contributed by atoms with Crippen LogP contribution in [0, 0.1) is 0 Å². The van der Waals surface area contributed by atoms with E-state index in [-0.39, 0.29) is 5.97 Å². The molecule has 0 aliphatic carbocycles. The lowest BCUT2D eigenvalue weighted by Gasteiger charge is -1.94. The van der Waals surface area contributed by atoms with Crippen molar-refractivity contribution in [3.8, 4) is 0 Å². The Hall–Kier alpha value is -1.05. The molecule has 0 aliphatic rings. The lowest BCUT2D eigenvalue weighted by atomic mass is 10.2. The Morgan fingerprint density at radius 2 is 2.00 bits per heavy atom. The van der Waals surface area contributed by atoms with Crippen LogP contribution in [0.5, 0.6) is 0 Å². The Morgan fingerprint density at radius 3 is 2.54 bits per heavy atom. The van der Waals surface area contributed by atoms with Crippen LogP contribution in [0.1, 0.15) is 33.6 Å². The molecule has 0 spiro atoms. The normalized spacial score (nSPS) is 10.1. The van der Waals surface area contributed by atoms with Crippen molar-refractivity contribution < 1.29 is 9.53 Å². The van der Waals surface area contributed by atoms with E-state index in [4.69, 9.17) is 4.74 Å². The molecule has 0 aromatic carbocycles. The third kappa shape index (κ3) is 8.86. The summed E-state index contributed by atoms with van der Waals surface area (Å²) in [5.74, 6) is -0.250. The zero-order valence-corrected chi connectivity index (χ0v) is 8.67. The van der Waals surface area contributed by atoms with E-state index in [2.05, 4.69) is 19.9 Å². The van der Waals surface area contributed by atoms with E-state index in [0.29, 0.717) is 6.61 Å². The van der Waals surface area contributed by atoms with Gasteiger partial charge in [0.15, 0.2) is 0 Å². The fraction of sp³-hybridized carbons (Fsp3) is 0.545. The van der Waals surface area contributed by atoms with Crippen molar-refractivity contribution in [2.24, 2.45) is 0 Å². The molecule has 0 heterocycles. The van der Waals surface area contributed by atoms with E-state index in [1.54, 1.807) is 6.92 Å². The molecule has 0 radical (unpaired) electrons. The minimum atomic E-state index is -0.250.